The second-order valence-electron chi connectivity index (χ2n) is 7.56. The molecule has 1 aromatic heterocycles. The standard InChI is InChI=1S/C24H20Cl2N2O3S/c1-16-6-11-21(20(26)12-16)27-24(29)14-28-13-23(19-4-2-3-5-22(19)28)32(30,31)15-17-7-9-18(25)10-8-17/h2-13H,14-15H2,1H3,(H,27,29). The molecule has 0 aliphatic heterocycles. The summed E-state index contributed by atoms with van der Waals surface area (Å²) in [7, 11) is -3.65. The van der Waals surface area contributed by atoms with E-state index in [1.54, 1.807) is 59.2 Å². The number of carbonyl (C=O) groups is 1. The number of nitrogens with zero attached hydrogens (tertiary/aromatic N) is 1. The van der Waals surface area contributed by atoms with Crippen LogP contribution in [0.2, 0.25) is 10.0 Å². The Morgan fingerprint density at radius 2 is 1.72 bits per heavy atom. The Bertz CT molecular complexity index is 1410. The molecule has 1 amide bonds. The lowest BCUT2D eigenvalue weighted by molar-refractivity contribution is -0.116. The Morgan fingerprint density at radius 1 is 1.00 bits per heavy atom. The van der Waals surface area contributed by atoms with E-state index in [1.807, 2.05) is 19.1 Å². The molecular formula is C24H20Cl2N2O3S. The zero-order valence-corrected chi connectivity index (χ0v) is 19.5. The number of para-hydroxylation sites is 1. The molecular weight excluding hydrogens is 467 g/mol. The Labute approximate surface area is 196 Å². The van der Waals surface area contributed by atoms with Gasteiger partial charge in [0.05, 0.1) is 21.4 Å². The first kappa shape index (κ1) is 22.4. The number of hydrogen-bond donors (Lipinski definition) is 1. The van der Waals surface area contributed by atoms with Crippen molar-refractivity contribution in [2.75, 3.05) is 5.32 Å². The molecule has 0 saturated carbocycles. The van der Waals surface area contributed by atoms with Crippen molar-refractivity contribution in [3.05, 3.63) is 94.1 Å². The third-order valence-electron chi connectivity index (χ3n) is 5.07. The molecule has 0 atom stereocenters. The fourth-order valence-corrected chi connectivity index (χ4v) is 5.53. The summed E-state index contributed by atoms with van der Waals surface area (Å²) in [6.07, 6.45) is 1.52. The van der Waals surface area contributed by atoms with Gasteiger partial charge in [0.15, 0.2) is 9.84 Å². The summed E-state index contributed by atoms with van der Waals surface area (Å²) in [5.74, 6) is -0.471. The summed E-state index contributed by atoms with van der Waals surface area (Å²) in [6, 6.07) is 19.2. The van der Waals surface area contributed by atoms with Crippen LogP contribution in [0.4, 0.5) is 5.69 Å². The molecule has 3 aromatic carbocycles. The molecule has 0 spiro atoms. The van der Waals surface area contributed by atoms with Crippen LogP contribution in [0.1, 0.15) is 11.1 Å². The topological polar surface area (TPSA) is 68.2 Å². The van der Waals surface area contributed by atoms with Crippen LogP contribution in [0.3, 0.4) is 0 Å². The maximum atomic E-state index is 13.2. The third kappa shape index (κ3) is 4.83. The zero-order chi connectivity index (χ0) is 22.9. The van der Waals surface area contributed by atoms with Crippen molar-refractivity contribution in [3.63, 3.8) is 0 Å². The van der Waals surface area contributed by atoms with Crippen LogP contribution in [0.25, 0.3) is 10.9 Å². The van der Waals surface area contributed by atoms with Crippen LogP contribution in [0, 0.1) is 6.92 Å². The summed E-state index contributed by atoms with van der Waals surface area (Å²) < 4.78 is 28.0. The Kier molecular flexibility index (Phi) is 6.29. The number of aromatic nitrogens is 1. The van der Waals surface area contributed by atoms with Gasteiger partial charge in [0.1, 0.15) is 6.54 Å². The molecule has 0 radical (unpaired) electrons. The Morgan fingerprint density at radius 3 is 2.44 bits per heavy atom. The summed E-state index contributed by atoms with van der Waals surface area (Å²) in [5, 5.41) is 4.35. The molecule has 1 heterocycles. The molecule has 0 unspecified atom stereocenters. The monoisotopic (exact) mass is 486 g/mol. The fourth-order valence-electron chi connectivity index (χ4n) is 3.54. The predicted octanol–water partition coefficient (Wildman–Crippen LogP) is 5.87. The maximum Gasteiger partial charge on any atom is 0.244 e. The second kappa shape index (κ2) is 8.98. The van der Waals surface area contributed by atoms with Gasteiger partial charge in [-0.05, 0) is 48.4 Å². The molecule has 8 heteroatoms. The lowest BCUT2D eigenvalue weighted by Crippen LogP contribution is -2.18. The van der Waals surface area contributed by atoms with Crippen LogP contribution in [0.15, 0.2) is 77.8 Å². The number of sulfone groups is 1. The summed E-state index contributed by atoms with van der Waals surface area (Å²) >= 11 is 12.1. The number of hydrogen-bond acceptors (Lipinski definition) is 3. The van der Waals surface area contributed by atoms with Crippen molar-refractivity contribution < 1.29 is 13.2 Å². The highest BCUT2D eigenvalue weighted by molar-refractivity contribution is 7.90. The second-order valence-corrected chi connectivity index (χ2v) is 10.4. The summed E-state index contributed by atoms with van der Waals surface area (Å²) in [4.78, 5) is 12.9. The van der Waals surface area contributed by atoms with Crippen molar-refractivity contribution >= 4 is 55.5 Å². The number of anilines is 1. The van der Waals surface area contributed by atoms with Crippen molar-refractivity contribution in [1.29, 1.82) is 0 Å². The van der Waals surface area contributed by atoms with E-state index in [0.717, 1.165) is 5.56 Å². The number of fused-ring (bicyclic) bond motifs is 1. The average Bonchev–Trinajstić information content (AvgIpc) is 3.11. The number of aryl methyl sites for hydroxylation is 1. The van der Waals surface area contributed by atoms with E-state index in [1.165, 1.54) is 6.20 Å². The molecule has 4 aromatic rings. The van der Waals surface area contributed by atoms with Crippen LogP contribution in [-0.4, -0.2) is 18.9 Å². The van der Waals surface area contributed by atoms with Crippen LogP contribution >= 0.6 is 23.2 Å². The normalized spacial score (nSPS) is 11.6. The van der Waals surface area contributed by atoms with Gasteiger partial charge in [-0.15, -0.1) is 0 Å². The first-order chi connectivity index (χ1) is 15.2. The van der Waals surface area contributed by atoms with Gasteiger partial charge < -0.3 is 9.88 Å². The van der Waals surface area contributed by atoms with E-state index in [4.69, 9.17) is 23.2 Å². The fraction of sp³-hybridized carbons (Fsp3) is 0.125. The van der Waals surface area contributed by atoms with Crippen molar-refractivity contribution in [2.45, 2.75) is 24.1 Å². The maximum absolute atomic E-state index is 13.2. The molecule has 32 heavy (non-hydrogen) atoms. The van der Waals surface area contributed by atoms with Gasteiger partial charge in [0, 0.05) is 22.1 Å². The first-order valence-electron chi connectivity index (χ1n) is 9.84. The largest absolute Gasteiger partial charge is 0.337 e. The minimum absolute atomic E-state index is 0.0544. The van der Waals surface area contributed by atoms with E-state index in [0.29, 0.717) is 32.2 Å². The average molecular weight is 487 g/mol. The van der Waals surface area contributed by atoms with E-state index >= 15 is 0 Å². The van der Waals surface area contributed by atoms with Crippen LogP contribution in [-0.2, 0) is 26.9 Å². The van der Waals surface area contributed by atoms with Crippen molar-refractivity contribution in [2.24, 2.45) is 0 Å². The lowest BCUT2D eigenvalue weighted by Gasteiger charge is -2.09. The molecule has 0 bridgehead atoms. The minimum atomic E-state index is -3.65. The molecule has 5 nitrogen and oxygen atoms in total. The Hall–Kier alpha value is -2.80. The molecule has 0 fully saturated rings. The van der Waals surface area contributed by atoms with Crippen molar-refractivity contribution in [3.8, 4) is 0 Å². The van der Waals surface area contributed by atoms with Gasteiger partial charge in [-0.2, -0.15) is 0 Å². The molecule has 4 rings (SSSR count). The number of halogens is 2. The Balaban J connectivity index is 1.63. The lowest BCUT2D eigenvalue weighted by atomic mass is 10.2. The zero-order valence-electron chi connectivity index (χ0n) is 17.2. The van der Waals surface area contributed by atoms with Gasteiger partial charge in [-0.3, -0.25) is 4.79 Å². The molecule has 1 N–H and O–H groups in total. The predicted molar refractivity (Wildman–Crippen MR) is 129 cm³/mol. The number of benzene rings is 3. The van der Waals surface area contributed by atoms with Gasteiger partial charge in [0.25, 0.3) is 0 Å². The van der Waals surface area contributed by atoms with Crippen LogP contribution in [0.5, 0.6) is 0 Å². The van der Waals surface area contributed by atoms with Crippen molar-refractivity contribution in [1.82, 2.24) is 4.57 Å². The number of rotatable bonds is 6. The molecule has 0 aliphatic rings. The minimum Gasteiger partial charge on any atom is -0.337 e. The number of carbonyl (C=O) groups excluding carboxylic acids is 1. The van der Waals surface area contributed by atoms with E-state index in [9.17, 15) is 13.2 Å². The quantitative estimate of drug-likeness (QED) is 0.370. The van der Waals surface area contributed by atoms with E-state index < -0.39 is 9.84 Å². The van der Waals surface area contributed by atoms with Gasteiger partial charge in [0.2, 0.25) is 5.91 Å². The highest BCUT2D eigenvalue weighted by Gasteiger charge is 2.22. The van der Waals surface area contributed by atoms with Crippen LogP contribution < -0.4 is 5.32 Å². The third-order valence-corrected chi connectivity index (χ3v) is 7.34. The summed E-state index contributed by atoms with van der Waals surface area (Å²) in [5.41, 5.74) is 2.79. The SMILES string of the molecule is Cc1ccc(NC(=O)Cn2cc(S(=O)(=O)Cc3ccc(Cl)cc3)c3ccccc32)c(Cl)c1. The van der Waals surface area contributed by atoms with Gasteiger partial charge in [-0.1, -0.05) is 59.6 Å². The number of nitrogens with one attached hydrogen (secondary N) is 1. The van der Waals surface area contributed by atoms with E-state index in [2.05, 4.69) is 5.32 Å². The van der Waals surface area contributed by atoms with Gasteiger partial charge in [-0.25, -0.2) is 8.42 Å². The van der Waals surface area contributed by atoms with E-state index in [-0.39, 0.29) is 23.1 Å². The smallest absolute Gasteiger partial charge is 0.244 e. The molecule has 164 valence electrons. The molecule has 0 aliphatic carbocycles. The summed E-state index contributed by atoms with van der Waals surface area (Å²) in [6.45, 7) is 1.86. The van der Waals surface area contributed by atoms with Gasteiger partial charge >= 0.3 is 0 Å². The number of amides is 1. The molecule has 0 saturated heterocycles. The highest BCUT2D eigenvalue weighted by atomic mass is 35.5. The first-order valence-corrected chi connectivity index (χ1v) is 12.2. The highest BCUT2D eigenvalue weighted by Crippen LogP contribution is 2.29.